The third-order valence-corrected chi connectivity index (χ3v) is 5.04. The van der Waals surface area contributed by atoms with Crippen molar-refractivity contribution in [2.75, 3.05) is 13.1 Å². The molecule has 3 N–H and O–H groups in total. The van der Waals surface area contributed by atoms with Crippen molar-refractivity contribution in [2.24, 2.45) is 0 Å². The van der Waals surface area contributed by atoms with Gasteiger partial charge in [0.15, 0.2) is 0 Å². The molecule has 132 valence electrons. The first-order valence-corrected chi connectivity index (χ1v) is 9.21. The van der Waals surface area contributed by atoms with Crippen LogP contribution in [0.1, 0.15) is 65.2 Å². The van der Waals surface area contributed by atoms with Crippen molar-refractivity contribution in [3.05, 3.63) is 0 Å². The summed E-state index contributed by atoms with van der Waals surface area (Å²) in [6, 6.07) is 0.686. The van der Waals surface area contributed by atoms with Crippen LogP contribution >= 0.6 is 0 Å². The Morgan fingerprint density at radius 2 is 1.61 bits per heavy atom. The van der Waals surface area contributed by atoms with Crippen molar-refractivity contribution >= 4 is 12.1 Å². The van der Waals surface area contributed by atoms with E-state index in [2.05, 4.69) is 16.0 Å². The van der Waals surface area contributed by atoms with Gasteiger partial charge >= 0.3 is 12.1 Å². The maximum Gasteiger partial charge on any atom is 0.317 e. The van der Waals surface area contributed by atoms with Crippen molar-refractivity contribution < 1.29 is 9.59 Å². The Morgan fingerprint density at radius 1 is 1.00 bits per heavy atom. The molecule has 1 aliphatic heterocycles. The molecule has 1 saturated carbocycles. The van der Waals surface area contributed by atoms with E-state index in [1.165, 1.54) is 19.3 Å². The van der Waals surface area contributed by atoms with Crippen LogP contribution in [0.4, 0.5) is 9.59 Å². The summed E-state index contributed by atoms with van der Waals surface area (Å²) in [6.07, 6.45) is 8.54. The third kappa shape index (κ3) is 5.92. The van der Waals surface area contributed by atoms with Crippen molar-refractivity contribution in [3.63, 3.8) is 0 Å². The van der Waals surface area contributed by atoms with E-state index >= 15 is 0 Å². The molecular weight excluding hydrogens is 292 g/mol. The van der Waals surface area contributed by atoms with E-state index in [-0.39, 0.29) is 24.1 Å². The number of nitrogens with zero attached hydrogens (tertiary/aromatic N) is 1. The Hall–Kier alpha value is -1.46. The molecule has 0 aromatic rings. The molecule has 6 nitrogen and oxygen atoms in total. The summed E-state index contributed by atoms with van der Waals surface area (Å²) >= 11 is 0. The minimum absolute atomic E-state index is 0.0689. The number of amides is 4. The van der Waals surface area contributed by atoms with Gasteiger partial charge in [-0.2, -0.15) is 0 Å². The first-order valence-electron chi connectivity index (χ1n) is 9.21. The van der Waals surface area contributed by atoms with Crippen LogP contribution in [0.25, 0.3) is 0 Å². The number of carbonyl (C=O) groups is 2. The quantitative estimate of drug-likeness (QED) is 0.743. The van der Waals surface area contributed by atoms with Gasteiger partial charge in [-0.1, -0.05) is 26.2 Å². The van der Waals surface area contributed by atoms with Crippen molar-refractivity contribution in [3.8, 4) is 0 Å². The maximum absolute atomic E-state index is 12.3. The molecule has 6 heteroatoms. The first-order chi connectivity index (χ1) is 11.1. The molecule has 0 spiro atoms. The lowest BCUT2D eigenvalue weighted by Gasteiger charge is -2.34. The van der Waals surface area contributed by atoms with Gasteiger partial charge in [0.1, 0.15) is 0 Å². The molecule has 0 unspecified atom stereocenters. The summed E-state index contributed by atoms with van der Waals surface area (Å²) in [5.74, 6) is 0. The minimum Gasteiger partial charge on any atom is -0.336 e. The van der Waals surface area contributed by atoms with Crippen LogP contribution in [0.2, 0.25) is 0 Å². The van der Waals surface area contributed by atoms with Crippen LogP contribution in [0.15, 0.2) is 0 Å². The summed E-state index contributed by atoms with van der Waals surface area (Å²) in [4.78, 5) is 26.0. The van der Waals surface area contributed by atoms with Gasteiger partial charge in [-0.3, -0.25) is 0 Å². The topological polar surface area (TPSA) is 73.5 Å². The Morgan fingerprint density at radius 3 is 2.22 bits per heavy atom. The highest BCUT2D eigenvalue weighted by molar-refractivity contribution is 5.75. The van der Waals surface area contributed by atoms with Crippen LogP contribution < -0.4 is 16.0 Å². The average molecular weight is 324 g/mol. The Labute approximate surface area is 139 Å². The molecule has 1 aliphatic carbocycles. The molecule has 1 atom stereocenters. The number of hydrogen-bond acceptors (Lipinski definition) is 2. The zero-order chi connectivity index (χ0) is 16.7. The number of nitrogens with one attached hydrogen (secondary N) is 3. The van der Waals surface area contributed by atoms with Gasteiger partial charge in [0.2, 0.25) is 0 Å². The standard InChI is InChI=1S/C17H32N4O2/c1-3-13(2)18-16(22)19-15-9-11-21(12-10-15)17(23)20-14-7-5-4-6-8-14/h13-15H,3-12H2,1-2H3,(H,20,23)(H2,18,19,22)/t13-/m0/s1. The van der Waals surface area contributed by atoms with Crippen molar-refractivity contribution in [1.82, 2.24) is 20.9 Å². The zero-order valence-corrected chi connectivity index (χ0v) is 14.6. The van der Waals surface area contributed by atoms with Crippen molar-refractivity contribution in [1.29, 1.82) is 0 Å². The molecule has 1 saturated heterocycles. The molecule has 0 radical (unpaired) electrons. The van der Waals surface area contributed by atoms with Crippen molar-refractivity contribution in [2.45, 2.75) is 83.3 Å². The van der Waals surface area contributed by atoms with Gasteiger partial charge in [0, 0.05) is 31.2 Å². The van der Waals surface area contributed by atoms with E-state index in [1.807, 2.05) is 18.7 Å². The molecule has 0 aromatic carbocycles. The summed E-state index contributed by atoms with van der Waals surface area (Å²) in [5.41, 5.74) is 0. The molecule has 1 heterocycles. The number of piperidine rings is 1. The lowest BCUT2D eigenvalue weighted by Crippen LogP contribution is -2.53. The predicted octanol–water partition coefficient (Wildman–Crippen LogP) is 2.59. The van der Waals surface area contributed by atoms with Crippen LogP contribution in [0.3, 0.4) is 0 Å². The molecule has 23 heavy (non-hydrogen) atoms. The highest BCUT2D eigenvalue weighted by Crippen LogP contribution is 2.18. The molecule has 0 aromatic heterocycles. The van der Waals surface area contributed by atoms with E-state index in [0.29, 0.717) is 19.1 Å². The van der Waals surface area contributed by atoms with Gasteiger partial charge in [-0.25, -0.2) is 9.59 Å². The first kappa shape index (κ1) is 17.9. The number of rotatable bonds is 4. The fraction of sp³-hybridized carbons (Fsp3) is 0.882. The van der Waals surface area contributed by atoms with E-state index in [0.717, 1.165) is 32.1 Å². The fourth-order valence-corrected chi connectivity index (χ4v) is 3.29. The average Bonchev–Trinajstić information content (AvgIpc) is 2.56. The smallest absolute Gasteiger partial charge is 0.317 e. The summed E-state index contributed by atoms with van der Waals surface area (Å²) in [7, 11) is 0. The van der Waals surface area contributed by atoms with Gasteiger partial charge in [-0.05, 0) is 39.0 Å². The van der Waals surface area contributed by atoms with E-state index < -0.39 is 0 Å². The molecular formula is C17H32N4O2. The zero-order valence-electron chi connectivity index (χ0n) is 14.6. The lowest BCUT2D eigenvalue weighted by molar-refractivity contribution is 0.169. The van der Waals surface area contributed by atoms with Crippen LogP contribution in [-0.4, -0.2) is 48.2 Å². The second kappa shape index (κ2) is 8.99. The number of carbonyl (C=O) groups excluding carboxylic acids is 2. The summed E-state index contributed by atoms with van der Waals surface area (Å²) < 4.78 is 0. The van der Waals surface area contributed by atoms with Crippen LogP contribution in [0.5, 0.6) is 0 Å². The largest absolute Gasteiger partial charge is 0.336 e. The normalized spacial score (nSPS) is 21.6. The molecule has 4 amide bonds. The minimum atomic E-state index is -0.0931. The third-order valence-electron chi connectivity index (χ3n) is 5.04. The van der Waals surface area contributed by atoms with E-state index in [4.69, 9.17) is 0 Å². The Balaban J connectivity index is 1.66. The predicted molar refractivity (Wildman–Crippen MR) is 91.4 cm³/mol. The number of likely N-dealkylation sites (tertiary alicyclic amines) is 1. The second-order valence-electron chi connectivity index (χ2n) is 6.97. The lowest BCUT2D eigenvalue weighted by atomic mass is 9.95. The molecule has 2 aliphatic rings. The summed E-state index contributed by atoms with van der Waals surface area (Å²) in [6.45, 7) is 5.48. The number of urea groups is 2. The monoisotopic (exact) mass is 324 g/mol. The van der Waals surface area contributed by atoms with Crippen LogP contribution in [-0.2, 0) is 0 Å². The number of hydrogen-bond donors (Lipinski definition) is 3. The Kier molecular flexibility index (Phi) is 6.99. The Bertz CT molecular complexity index is 388. The molecule has 0 bridgehead atoms. The van der Waals surface area contributed by atoms with E-state index in [1.54, 1.807) is 0 Å². The SMILES string of the molecule is CC[C@H](C)NC(=O)NC1CCN(C(=O)NC2CCCCC2)CC1. The van der Waals surface area contributed by atoms with E-state index in [9.17, 15) is 9.59 Å². The van der Waals surface area contributed by atoms with Gasteiger partial charge in [0.25, 0.3) is 0 Å². The molecule has 2 rings (SSSR count). The maximum atomic E-state index is 12.3. The molecule has 2 fully saturated rings. The van der Waals surface area contributed by atoms with Gasteiger partial charge in [-0.15, -0.1) is 0 Å². The van der Waals surface area contributed by atoms with Gasteiger partial charge < -0.3 is 20.9 Å². The summed E-state index contributed by atoms with van der Waals surface area (Å²) in [5, 5.41) is 9.10. The fourth-order valence-electron chi connectivity index (χ4n) is 3.29. The van der Waals surface area contributed by atoms with Crippen LogP contribution in [0, 0.1) is 0 Å². The van der Waals surface area contributed by atoms with Gasteiger partial charge in [0.05, 0.1) is 0 Å². The second-order valence-corrected chi connectivity index (χ2v) is 6.97. The highest BCUT2D eigenvalue weighted by Gasteiger charge is 2.25. The highest BCUT2D eigenvalue weighted by atomic mass is 16.2.